The van der Waals surface area contributed by atoms with E-state index < -0.39 is 5.60 Å². The van der Waals surface area contributed by atoms with Gasteiger partial charge in [0.2, 0.25) is 0 Å². The van der Waals surface area contributed by atoms with Crippen molar-refractivity contribution in [3.63, 3.8) is 0 Å². The average molecular weight is 198 g/mol. The van der Waals surface area contributed by atoms with Crippen LogP contribution in [0.25, 0.3) is 0 Å². The molecular weight excluding hydrogens is 183 g/mol. The fourth-order valence-electron chi connectivity index (χ4n) is 1.05. The lowest BCUT2D eigenvalue weighted by atomic mass is 9.96. The molecule has 1 rings (SSSR count). The SMILES string of the molecule is COC(C)(C)[C@H](N)c1ccc(F)cn1. The molecule has 1 atom stereocenters. The highest BCUT2D eigenvalue weighted by Crippen LogP contribution is 2.24. The Hall–Kier alpha value is -1.00. The fourth-order valence-corrected chi connectivity index (χ4v) is 1.05. The zero-order valence-electron chi connectivity index (χ0n) is 8.62. The van der Waals surface area contributed by atoms with Gasteiger partial charge >= 0.3 is 0 Å². The molecule has 78 valence electrons. The van der Waals surface area contributed by atoms with Gasteiger partial charge in [-0.2, -0.15) is 0 Å². The summed E-state index contributed by atoms with van der Waals surface area (Å²) in [6.45, 7) is 3.73. The third kappa shape index (κ3) is 2.27. The number of nitrogens with zero attached hydrogens (tertiary/aromatic N) is 1. The Labute approximate surface area is 83.1 Å². The third-order valence-corrected chi connectivity index (χ3v) is 2.34. The van der Waals surface area contributed by atoms with Crippen LogP contribution in [0.15, 0.2) is 18.3 Å². The molecule has 0 aromatic carbocycles. The largest absolute Gasteiger partial charge is 0.377 e. The predicted molar refractivity (Wildman–Crippen MR) is 52.2 cm³/mol. The minimum Gasteiger partial charge on any atom is -0.377 e. The second-order valence-corrected chi connectivity index (χ2v) is 3.69. The number of ether oxygens (including phenoxy) is 1. The van der Waals surface area contributed by atoms with E-state index in [1.807, 2.05) is 13.8 Å². The summed E-state index contributed by atoms with van der Waals surface area (Å²) in [5, 5.41) is 0. The van der Waals surface area contributed by atoms with E-state index in [1.165, 1.54) is 6.07 Å². The Bertz CT molecular complexity index is 297. The van der Waals surface area contributed by atoms with E-state index in [0.717, 1.165) is 6.20 Å². The zero-order chi connectivity index (χ0) is 10.8. The molecule has 2 N–H and O–H groups in total. The number of pyridine rings is 1. The summed E-state index contributed by atoms with van der Waals surface area (Å²) in [6.07, 6.45) is 1.15. The Kier molecular flexibility index (Phi) is 3.18. The lowest BCUT2D eigenvalue weighted by Crippen LogP contribution is -2.37. The lowest BCUT2D eigenvalue weighted by molar-refractivity contribution is -0.00111. The van der Waals surface area contributed by atoms with Gasteiger partial charge in [-0.05, 0) is 26.0 Å². The van der Waals surface area contributed by atoms with Gasteiger partial charge in [-0.25, -0.2) is 4.39 Å². The van der Waals surface area contributed by atoms with E-state index in [-0.39, 0.29) is 11.9 Å². The maximum absolute atomic E-state index is 12.6. The van der Waals surface area contributed by atoms with Crippen LogP contribution >= 0.6 is 0 Å². The summed E-state index contributed by atoms with van der Waals surface area (Å²) < 4.78 is 17.8. The molecule has 1 aromatic rings. The second-order valence-electron chi connectivity index (χ2n) is 3.69. The van der Waals surface area contributed by atoms with E-state index in [0.29, 0.717) is 5.69 Å². The molecule has 0 aliphatic heterocycles. The molecular formula is C10H15FN2O. The van der Waals surface area contributed by atoms with Crippen molar-refractivity contribution in [2.75, 3.05) is 7.11 Å². The first kappa shape index (κ1) is 11.1. The van der Waals surface area contributed by atoms with E-state index in [2.05, 4.69) is 4.98 Å². The van der Waals surface area contributed by atoms with Crippen molar-refractivity contribution >= 4 is 0 Å². The van der Waals surface area contributed by atoms with Crippen LogP contribution in [0.4, 0.5) is 4.39 Å². The number of nitrogens with two attached hydrogens (primary N) is 1. The van der Waals surface area contributed by atoms with Gasteiger partial charge in [-0.1, -0.05) is 0 Å². The van der Waals surface area contributed by atoms with Gasteiger partial charge in [0, 0.05) is 7.11 Å². The van der Waals surface area contributed by atoms with Crippen molar-refractivity contribution < 1.29 is 9.13 Å². The van der Waals surface area contributed by atoms with Gasteiger partial charge in [0.1, 0.15) is 5.82 Å². The topological polar surface area (TPSA) is 48.1 Å². The Balaban J connectivity index is 2.89. The zero-order valence-corrected chi connectivity index (χ0v) is 8.62. The first-order chi connectivity index (χ1) is 6.47. The van der Waals surface area contributed by atoms with Crippen molar-refractivity contribution in [2.45, 2.75) is 25.5 Å². The first-order valence-corrected chi connectivity index (χ1v) is 4.39. The van der Waals surface area contributed by atoms with Crippen molar-refractivity contribution in [3.8, 4) is 0 Å². The van der Waals surface area contributed by atoms with Crippen LogP contribution < -0.4 is 5.73 Å². The summed E-state index contributed by atoms with van der Waals surface area (Å²) >= 11 is 0. The van der Waals surface area contributed by atoms with Crippen molar-refractivity contribution in [2.24, 2.45) is 5.73 Å². The molecule has 0 saturated heterocycles. The molecule has 0 unspecified atom stereocenters. The van der Waals surface area contributed by atoms with E-state index >= 15 is 0 Å². The van der Waals surface area contributed by atoms with Gasteiger partial charge in [0.15, 0.2) is 0 Å². The van der Waals surface area contributed by atoms with Gasteiger partial charge in [-0.3, -0.25) is 4.98 Å². The van der Waals surface area contributed by atoms with Crippen LogP contribution in [0.5, 0.6) is 0 Å². The van der Waals surface area contributed by atoms with Gasteiger partial charge < -0.3 is 10.5 Å². The molecule has 0 saturated carbocycles. The number of hydrogen-bond donors (Lipinski definition) is 1. The van der Waals surface area contributed by atoms with Crippen LogP contribution in [-0.4, -0.2) is 17.7 Å². The summed E-state index contributed by atoms with van der Waals surface area (Å²) in [5.74, 6) is -0.365. The van der Waals surface area contributed by atoms with Crippen LogP contribution in [-0.2, 0) is 4.74 Å². The quantitative estimate of drug-likeness (QED) is 0.803. The van der Waals surface area contributed by atoms with Crippen molar-refractivity contribution in [1.82, 2.24) is 4.98 Å². The van der Waals surface area contributed by atoms with Crippen molar-refractivity contribution in [3.05, 3.63) is 29.8 Å². The molecule has 0 bridgehead atoms. The Morgan fingerprint density at radius 1 is 1.50 bits per heavy atom. The number of rotatable bonds is 3. The number of aromatic nitrogens is 1. The van der Waals surface area contributed by atoms with E-state index in [4.69, 9.17) is 10.5 Å². The van der Waals surface area contributed by atoms with Crippen LogP contribution in [0, 0.1) is 5.82 Å². The molecule has 14 heavy (non-hydrogen) atoms. The predicted octanol–water partition coefficient (Wildman–Crippen LogP) is 1.65. The number of halogens is 1. The molecule has 1 heterocycles. The smallest absolute Gasteiger partial charge is 0.141 e. The molecule has 0 amide bonds. The fraction of sp³-hybridized carbons (Fsp3) is 0.500. The summed E-state index contributed by atoms with van der Waals surface area (Å²) in [5.41, 5.74) is 6.04. The highest BCUT2D eigenvalue weighted by atomic mass is 19.1. The molecule has 0 aliphatic rings. The summed E-state index contributed by atoms with van der Waals surface area (Å²) in [4.78, 5) is 3.91. The highest BCUT2D eigenvalue weighted by Gasteiger charge is 2.28. The van der Waals surface area contributed by atoms with Gasteiger partial charge in [-0.15, -0.1) is 0 Å². The monoisotopic (exact) mass is 198 g/mol. The minimum absolute atomic E-state index is 0.365. The maximum Gasteiger partial charge on any atom is 0.141 e. The molecule has 0 aliphatic carbocycles. The Morgan fingerprint density at radius 2 is 2.14 bits per heavy atom. The van der Waals surface area contributed by atoms with Crippen LogP contribution in [0.1, 0.15) is 25.6 Å². The average Bonchev–Trinajstić information content (AvgIpc) is 2.18. The summed E-state index contributed by atoms with van der Waals surface area (Å²) in [6, 6.07) is 2.54. The third-order valence-electron chi connectivity index (χ3n) is 2.34. The van der Waals surface area contributed by atoms with Gasteiger partial charge in [0.25, 0.3) is 0 Å². The molecule has 4 heteroatoms. The van der Waals surface area contributed by atoms with Crippen LogP contribution in [0.3, 0.4) is 0 Å². The maximum atomic E-state index is 12.6. The molecule has 1 aromatic heterocycles. The number of methoxy groups -OCH3 is 1. The highest BCUT2D eigenvalue weighted by molar-refractivity contribution is 5.12. The normalized spacial score (nSPS) is 14.1. The molecule has 0 fully saturated rings. The molecule has 0 radical (unpaired) electrons. The van der Waals surface area contributed by atoms with E-state index in [1.54, 1.807) is 13.2 Å². The lowest BCUT2D eigenvalue weighted by Gasteiger charge is -2.29. The number of hydrogen-bond acceptors (Lipinski definition) is 3. The van der Waals surface area contributed by atoms with E-state index in [9.17, 15) is 4.39 Å². The summed E-state index contributed by atoms with van der Waals surface area (Å²) in [7, 11) is 1.59. The van der Waals surface area contributed by atoms with Crippen molar-refractivity contribution in [1.29, 1.82) is 0 Å². The minimum atomic E-state index is -0.509. The Morgan fingerprint density at radius 3 is 2.57 bits per heavy atom. The van der Waals surface area contributed by atoms with Gasteiger partial charge in [0.05, 0.1) is 23.5 Å². The molecule has 0 spiro atoms. The second kappa shape index (κ2) is 4.02. The standard InChI is InChI=1S/C10H15FN2O/c1-10(2,14-3)9(12)8-5-4-7(11)6-13-8/h4-6,9H,12H2,1-3H3/t9-/m1/s1. The molecule has 3 nitrogen and oxygen atoms in total. The van der Waals surface area contributed by atoms with Crippen LogP contribution in [0.2, 0.25) is 0 Å². The first-order valence-electron chi connectivity index (χ1n) is 4.39.